The maximum Gasteiger partial charge on any atom is 0.183 e. The highest BCUT2D eigenvalue weighted by atomic mass is 15.3. The monoisotopic (exact) mass is 378 g/mol. The Balaban J connectivity index is 1.43. The van der Waals surface area contributed by atoms with E-state index in [1.165, 1.54) is 12.8 Å². The van der Waals surface area contributed by atoms with Crippen LogP contribution in [0.1, 0.15) is 31.4 Å². The third-order valence-corrected chi connectivity index (χ3v) is 6.06. The number of nitrogens with zero attached hydrogens (tertiary/aromatic N) is 6. The number of hydrogen-bond donors (Lipinski definition) is 2. The molecule has 0 amide bonds. The van der Waals surface area contributed by atoms with Crippen LogP contribution in [0.4, 0.5) is 17.3 Å². The van der Waals surface area contributed by atoms with Gasteiger partial charge in [0.25, 0.3) is 0 Å². The summed E-state index contributed by atoms with van der Waals surface area (Å²) in [6.45, 7) is 1.81. The van der Waals surface area contributed by atoms with Crippen LogP contribution in [0.15, 0.2) is 24.5 Å². The Bertz CT molecular complexity index is 983. The highest BCUT2D eigenvalue weighted by Gasteiger charge is 2.26. The second kappa shape index (κ2) is 7.01. The molecular formula is C20H26N8. The molecule has 3 N–H and O–H groups in total. The second-order valence-electron chi connectivity index (χ2n) is 7.93. The average molecular weight is 378 g/mol. The van der Waals surface area contributed by atoms with E-state index in [1.807, 2.05) is 18.5 Å². The van der Waals surface area contributed by atoms with E-state index in [-0.39, 0.29) is 0 Å². The van der Waals surface area contributed by atoms with Gasteiger partial charge in [-0.25, -0.2) is 9.97 Å². The number of pyridine rings is 1. The molecule has 1 fully saturated rings. The van der Waals surface area contributed by atoms with Gasteiger partial charge in [-0.1, -0.05) is 6.42 Å². The summed E-state index contributed by atoms with van der Waals surface area (Å²) in [4.78, 5) is 18.4. The fraction of sp³-hybridized carbons (Fsp3) is 0.500. The third-order valence-electron chi connectivity index (χ3n) is 6.06. The number of aryl methyl sites for hydroxylation is 1. The molecule has 4 heterocycles. The number of hydrogen-bond acceptors (Lipinski definition) is 7. The first-order valence-corrected chi connectivity index (χ1v) is 10.1. The van der Waals surface area contributed by atoms with Crippen molar-refractivity contribution in [1.29, 1.82) is 0 Å². The molecule has 0 bridgehead atoms. The number of nitrogens with two attached hydrogens (primary N) is 1. The summed E-state index contributed by atoms with van der Waals surface area (Å²) < 4.78 is 0. The number of anilines is 3. The summed E-state index contributed by atoms with van der Waals surface area (Å²) in [7, 11) is 2.06. The van der Waals surface area contributed by atoms with Gasteiger partial charge in [0, 0.05) is 32.4 Å². The topological polar surface area (TPSA) is 99.9 Å². The summed E-state index contributed by atoms with van der Waals surface area (Å²) in [6.07, 6.45) is 9.28. The predicted molar refractivity (Wildman–Crippen MR) is 110 cm³/mol. The molecule has 8 nitrogen and oxygen atoms in total. The fourth-order valence-electron chi connectivity index (χ4n) is 4.50. The molecule has 2 atom stereocenters. The first-order chi connectivity index (χ1) is 13.7. The van der Waals surface area contributed by atoms with Crippen LogP contribution < -0.4 is 15.5 Å². The summed E-state index contributed by atoms with van der Waals surface area (Å²) in [5.41, 5.74) is 9.97. The zero-order chi connectivity index (χ0) is 19.1. The van der Waals surface area contributed by atoms with Crippen molar-refractivity contribution in [3.05, 3.63) is 30.2 Å². The molecule has 3 aromatic heterocycles. The number of H-pyrrole nitrogens is 1. The molecule has 3 aromatic rings. The first-order valence-electron chi connectivity index (χ1n) is 10.1. The minimum atomic E-state index is 0.297. The largest absolute Gasteiger partial charge is 0.358 e. The van der Waals surface area contributed by atoms with Crippen molar-refractivity contribution in [2.45, 2.75) is 38.1 Å². The Kier molecular flexibility index (Phi) is 4.35. The lowest BCUT2D eigenvalue weighted by atomic mass is 10.0. The van der Waals surface area contributed by atoms with Crippen LogP contribution in [0.2, 0.25) is 0 Å². The van der Waals surface area contributed by atoms with Crippen molar-refractivity contribution in [3.8, 4) is 0 Å². The number of fused-ring (bicyclic) bond motifs is 2. The minimum absolute atomic E-state index is 0.297. The fourth-order valence-corrected chi connectivity index (χ4v) is 4.50. The molecule has 0 radical (unpaired) electrons. The molecule has 0 aromatic carbocycles. The standard InChI is InChI=1S/C20H26N8/c1-27(12-13-5-2-6-14(13)21)17-11-23-18-19(24-17)25-26-20(18)28-10-4-7-15-16(28)8-3-9-22-15/h3,8-9,11,13-14H,2,4-7,10,12,21H2,1H3,(H,24,25,26)/t13-,14+/m0/s1. The van der Waals surface area contributed by atoms with Gasteiger partial charge in [0.15, 0.2) is 17.0 Å². The Labute approximate surface area is 164 Å². The van der Waals surface area contributed by atoms with Gasteiger partial charge in [-0.05, 0) is 43.7 Å². The Hall–Kier alpha value is -2.74. The molecule has 1 saturated carbocycles. The van der Waals surface area contributed by atoms with Gasteiger partial charge in [-0.15, -0.1) is 0 Å². The Morgan fingerprint density at radius 3 is 3.07 bits per heavy atom. The second-order valence-corrected chi connectivity index (χ2v) is 7.93. The molecular weight excluding hydrogens is 352 g/mol. The highest BCUT2D eigenvalue weighted by molar-refractivity contribution is 5.87. The third kappa shape index (κ3) is 2.97. The summed E-state index contributed by atoms with van der Waals surface area (Å²) in [5.74, 6) is 2.20. The van der Waals surface area contributed by atoms with Crippen LogP contribution in [0.25, 0.3) is 11.2 Å². The lowest BCUT2D eigenvalue weighted by Crippen LogP contribution is -2.34. The molecule has 28 heavy (non-hydrogen) atoms. The summed E-state index contributed by atoms with van der Waals surface area (Å²) >= 11 is 0. The Morgan fingerprint density at radius 2 is 2.21 bits per heavy atom. The lowest BCUT2D eigenvalue weighted by Gasteiger charge is -2.28. The normalized spacial score (nSPS) is 21.9. The van der Waals surface area contributed by atoms with Crippen LogP contribution in [-0.4, -0.2) is 51.3 Å². The van der Waals surface area contributed by atoms with Gasteiger partial charge in [0.1, 0.15) is 5.82 Å². The average Bonchev–Trinajstić information content (AvgIpc) is 3.33. The van der Waals surface area contributed by atoms with Crippen LogP contribution in [-0.2, 0) is 6.42 Å². The van der Waals surface area contributed by atoms with Crippen molar-refractivity contribution in [2.75, 3.05) is 29.9 Å². The predicted octanol–water partition coefficient (Wildman–Crippen LogP) is 2.40. The maximum atomic E-state index is 6.23. The summed E-state index contributed by atoms with van der Waals surface area (Å²) in [5, 5.41) is 7.62. The van der Waals surface area contributed by atoms with Crippen molar-refractivity contribution in [3.63, 3.8) is 0 Å². The zero-order valence-corrected chi connectivity index (χ0v) is 16.2. The van der Waals surface area contributed by atoms with Crippen molar-refractivity contribution in [2.24, 2.45) is 11.7 Å². The molecule has 1 aliphatic carbocycles. The number of aromatic amines is 1. The van der Waals surface area contributed by atoms with Gasteiger partial charge in [0.2, 0.25) is 0 Å². The van der Waals surface area contributed by atoms with Gasteiger partial charge in [-0.2, -0.15) is 5.10 Å². The zero-order valence-electron chi connectivity index (χ0n) is 16.2. The molecule has 0 saturated heterocycles. The maximum absolute atomic E-state index is 6.23. The van der Waals surface area contributed by atoms with E-state index in [4.69, 9.17) is 15.7 Å². The SMILES string of the molecule is CN(C[C@@H]1CCC[C@H]1N)c1cnc2c(N3CCCc4ncccc43)n[nH]c2n1. The highest BCUT2D eigenvalue weighted by Crippen LogP contribution is 2.34. The van der Waals surface area contributed by atoms with Crippen molar-refractivity contribution < 1.29 is 0 Å². The molecule has 2 aliphatic rings. The van der Waals surface area contributed by atoms with Crippen LogP contribution in [0.5, 0.6) is 0 Å². The van der Waals surface area contributed by atoms with Crippen molar-refractivity contribution in [1.82, 2.24) is 25.1 Å². The molecule has 1 aliphatic heterocycles. The van der Waals surface area contributed by atoms with Gasteiger partial charge >= 0.3 is 0 Å². The van der Waals surface area contributed by atoms with E-state index < -0.39 is 0 Å². The smallest absolute Gasteiger partial charge is 0.183 e. The van der Waals surface area contributed by atoms with Crippen LogP contribution in [0, 0.1) is 5.92 Å². The minimum Gasteiger partial charge on any atom is -0.358 e. The van der Waals surface area contributed by atoms with Gasteiger partial charge in [0.05, 0.1) is 17.6 Å². The van der Waals surface area contributed by atoms with Crippen LogP contribution in [0.3, 0.4) is 0 Å². The van der Waals surface area contributed by atoms with E-state index in [9.17, 15) is 0 Å². The number of nitrogens with one attached hydrogen (secondary N) is 1. The van der Waals surface area contributed by atoms with E-state index in [0.29, 0.717) is 17.6 Å². The lowest BCUT2D eigenvalue weighted by molar-refractivity contribution is 0.481. The summed E-state index contributed by atoms with van der Waals surface area (Å²) in [6, 6.07) is 4.37. The van der Waals surface area contributed by atoms with E-state index in [0.717, 1.165) is 60.9 Å². The van der Waals surface area contributed by atoms with Crippen LogP contribution >= 0.6 is 0 Å². The van der Waals surface area contributed by atoms with Gasteiger partial charge in [-0.3, -0.25) is 10.1 Å². The molecule has 5 rings (SSSR count). The molecule has 146 valence electrons. The molecule has 0 unspecified atom stereocenters. The van der Waals surface area contributed by atoms with E-state index >= 15 is 0 Å². The quantitative estimate of drug-likeness (QED) is 0.719. The van der Waals surface area contributed by atoms with Crippen molar-refractivity contribution >= 4 is 28.5 Å². The number of aromatic nitrogens is 5. The molecule has 0 spiro atoms. The molecule has 8 heteroatoms. The number of rotatable bonds is 4. The van der Waals surface area contributed by atoms with Gasteiger partial charge < -0.3 is 15.5 Å². The Morgan fingerprint density at radius 1 is 1.29 bits per heavy atom. The first kappa shape index (κ1) is 17.4. The van der Waals surface area contributed by atoms with E-state index in [1.54, 1.807) is 0 Å². The van der Waals surface area contributed by atoms with E-state index in [2.05, 4.69) is 38.1 Å².